The highest BCUT2D eigenvalue weighted by atomic mass is 16.5. The SMILES string of the molecule is COc1ccc(-c2ccc(N3CCN(C(=O)COc4cccc5c4OC(C)(C)C5)CC3)nn2)cc1. The lowest BCUT2D eigenvalue weighted by Crippen LogP contribution is -2.50. The second-order valence-electron chi connectivity index (χ2n) is 9.44. The predicted molar refractivity (Wildman–Crippen MR) is 133 cm³/mol. The van der Waals surface area contributed by atoms with Gasteiger partial charge in [0, 0.05) is 43.7 Å². The van der Waals surface area contributed by atoms with Crippen LogP contribution < -0.4 is 19.1 Å². The zero-order valence-electron chi connectivity index (χ0n) is 20.4. The van der Waals surface area contributed by atoms with Crippen molar-refractivity contribution in [1.82, 2.24) is 15.1 Å². The Labute approximate surface area is 205 Å². The zero-order chi connectivity index (χ0) is 24.4. The number of nitrogens with zero attached hydrogens (tertiary/aromatic N) is 4. The van der Waals surface area contributed by atoms with E-state index in [1.54, 1.807) is 7.11 Å². The van der Waals surface area contributed by atoms with Crippen LogP contribution in [0.15, 0.2) is 54.6 Å². The van der Waals surface area contributed by atoms with Crippen molar-refractivity contribution in [3.8, 4) is 28.5 Å². The summed E-state index contributed by atoms with van der Waals surface area (Å²) in [7, 11) is 1.65. The number of carbonyl (C=O) groups is 1. The first-order valence-electron chi connectivity index (χ1n) is 11.9. The number of ether oxygens (including phenoxy) is 3. The Morgan fingerprint density at radius 3 is 2.46 bits per heavy atom. The van der Waals surface area contributed by atoms with Crippen LogP contribution in [0, 0.1) is 0 Å². The molecule has 2 aromatic carbocycles. The number of benzene rings is 2. The van der Waals surface area contributed by atoms with Gasteiger partial charge in [-0.25, -0.2) is 0 Å². The average Bonchev–Trinajstić information content (AvgIpc) is 3.22. The summed E-state index contributed by atoms with van der Waals surface area (Å²) < 4.78 is 17.1. The molecule has 0 bridgehead atoms. The number of para-hydroxylation sites is 1. The molecule has 0 saturated carbocycles. The van der Waals surface area contributed by atoms with Crippen LogP contribution in [0.25, 0.3) is 11.3 Å². The number of piperazine rings is 1. The molecule has 0 aliphatic carbocycles. The van der Waals surface area contributed by atoms with E-state index in [2.05, 4.69) is 28.9 Å². The van der Waals surface area contributed by atoms with Gasteiger partial charge in [-0.15, -0.1) is 10.2 Å². The minimum atomic E-state index is -0.252. The normalized spacial score (nSPS) is 16.4. The molecule has 0 atom stereocenters. The van der Waals surface area contributed by atoms with Gasteiger partial charge in [0.1, 0.15) is 11.4 Å². The molecule has 8 heteroatoms. The van der Waals surface area contributed by atoms with E-state index in [9.17, 15) is 4.79 Å². The smallest absolute Gasteiger partial charge is 0.260 e. The Hall–Kier alpha value is -3.81. The molecular formula is C27H30N4O4. The molecule has 0 radical (unpaired) electrons. The van der Waals surface area contributed by atoms with Crippen molar-refractivity contribution in [3.63, 3.8) is 0 Å². The molecule has 3 aromatic rings. The maximum Gasteiger partial charge on any atom is 0.260 e. The van der Waals surface area contributed by atoms with E-state index in [0.717, 1.165) is 40.6 Å². The minimum Gasteiger partial charge on any atom is -0.497 e. The van der Waals surface area contributed by atoms with Crippen LogP contribution >= 0.6 is 0 Å². The van der Waals surface area contributed by atoms with Gasteiger partial charge < -0.3 is 24.0 Å². The molecule has 182 valence electrons. The van der Waals surface area contributed by atoms with E-state index in [4.69, 9.17) is 14.2 Å². The van der Waals surface area contributed by atoms with Gasteiger partial charge in [0.05, 0.1) is 12.8 Å². The average molecular weight is 475 g/mol. The third-order valence-corrected chi connectivity index (χ3v) is 6.40. The van der Waals surface area contributed by atoms with Gasteiger partial charge in [-0.1, -0.05) is 12.1 Å². The number of rotatable bonds is 6. The van der Waals surface area contributed by atoms with Crippen LogP contribution in [0.3, 0.4) is 0 Å². The summed E-state index contributed by atoms with van der Waals surface area (Å²) >= 11 is 0. The van der Waals surface area contributed by atoms with Gasteiger partial charge in [0.2, 0.25) is 0 Å². The number of anilines is 1. The molecule has 35 heavy (non-hydrogen) atoms. The van der Waals surface area contributed by atoms with Crippen molar-refractivity contribution in [2.45, 2.75) is 25.9 Å². The highest BCUT2D eigenvalue weighted by molar-refractivity contribution is 5.78. The number of fused-ring (bicyclic) bond motifs is 1. The summed E-state index contributed by atoms with van der Waals surface area (Å²) in [6, 6.07) is 17.5. The van der Waals surface area contributed by atoms with Gasteiger partial charge in [-0.05, 0) is 56.3 Å². The van der Waals surface area contributed by atoms with Gasteiger partial charge in [0.15, 0.2) is 23.9 Å². The fourth-order valence-electron chi connectivity index (χ4n) is 4.53. The van der Waals surface area contributed by atoms with Crippen molar-refractivity contribution in [2.24, 2.45) is 0 Å². The largest absolute Gasteiger partial charge is 0.497 e. The van der Waals surface area contributed by atoms with Gasteiger partial charge >= 0.3 is 0 Å². The number of amides is 1. The highest BCUT2D eigenvalue weighted by Gasteiger charge is 2.32. The second-order valence-corrected chi connectivity index (χ2v) is 9.44. The molecule has 1 amide bonds. The van der Waals surface area contributed by atoms with Crippen LogP contribution in [0.1, 0.15) is 19.4 Å². The lowest BCUT2D eigenvalue weighted by molar-refractivity contribution is -0.133. The summed E-state index contributed by atoms with van der Waals surface area (Å²) in [5.41, 5.74) is 2.66. The first-order valence-corrected chi connectivity index (χ1v) is 11.9. The topological polar surface area (TPSA) is 77.0 Å². The maximum absolute atomic E-state index is 12.8. The van der Waals surface area contributed by atoms with E-state index in [1.807, 2.05) is 59.5 Å². The fourth-order valence-corrected chi connectivity index (χ4v) is 4.53. The monoisotopic (exact) mass is 474 g/mol. The van der Waals surface area contributed by atoms with Crippen molar-refractivity contribution in [2.75, 3.05) is 44.8 Å². The number of aromatic nitrogens is 2. The maximum atomic E-state index is 12.8. The van der Waals surface area contributed by atoms with Crippen LogP contribution in [0.5, 0.6) is 17.2 Å². The third kappa shape index (κ3) is 5.01. The van der Waals surface area contributed by atoms with Crippen molar-refractivity contribution in [1.29, 1.82) is 0 Å². The Morgan fingerprint density at radius 2 is 1.77 bits per heavy atom. The molecule has 2 aliphatic heterocycles. The number of carbonyl (C=O) groups excluding carboxylic acids is 1. The minimum absolute atomic E-state index is 0.00337. The molecule has 0 N–H and O–H groups in total. The van der Waals surface area contributed by atoms with Crippen LogP contribution in [0.2, 0.25) is 0 Å². The van der Waals surface area contributed by atoms with Crippen molar-refractivity contribution >= 4 is 11.7 Å². The van der Waals surface area contributed by atoms with Gasteiger partial charge in [0.25, 0.3) is 5.91 Å². The Morgan fingerprint density at radius 1 is 1.00 bits per heavy atom. The predicted octanol–water partition coefficient (Wildman–Crippen LogP) is 3.59. The second kappa shape index (κ2) is 9.44. The summed E-state index contributed by atoms with van der Waals surface area (Å²) in [5, 5.41) is 8.81. The summed E-state index contributed by atoms with van der Waals surface area (Å²) in [4.78, 5) is 16.8. The summed E-state index contributed by atoms with van der Waals surface area (Å²) in [6.45, 7) is 6.72. The third-order valence-electron chi connectivity index (χ3n) is 6.40. The Kier molecular flexibility index (Phi) is 6.19. The first kappa shape index (κ1) is 23.0. The van der Waals surface area contributed by atoms with E-state index in [-0.39, 0.29) is 18.1 Å². The molecule has 5 rings (SSSR count). The number of hydrogen-bond donors (Lipinski definition) is 0. The Balaban J connectivity index is 1.14. The lowest BCUT2D eigenvalue weighted by atomic mass is 10.0. The molecule has 8 nitrogen and oxygen atoms in total. The molecule has 1 fully saturated rings. The molecule has 1 saturated heterocycles. The molecular weight excluding hydrogens is 444 g/mol. The molecule has 3 heterocycles. The van der Waals surface area contributed by atoms with Gasteiger partial charge in [-0.3, -0.25) is 4.79 Å². The quantitative estimate of drug-likeness (QED) is 0.540. The van der Waals surface area contributed by atoms with E-state index < -0.39 is 0 Å². The van der Waals surface area contributed by atoms with E-state index in [0.29, 0.717) is 31.9 Å². The highest BCUT2D eigenvalue weighted by Crippen LogP contribution is 2.41. The van der Waals surface area contributed by atoms with Crippen molar-refractivity contribution < 1.29 is 19.0 Å². The van der Waals surface area contributed by atoms with Crippen LogP contribution in [0.4, 0.5) is 5.82 Å². The van der Waals surface area contributed by atoms with E-state index >= 15 is 0 Å². The van der Waals surface area contributed by atoms with Gasteiger partial charge in [-0.2, -0.15) is 0 Å². The molecule has 1 aromatic heterocycles. The number of methoxy groups -OCH3 is 1. The van der Waals surface area contributed by atoms with Crippen molar-refractivity contribution in [3.05, 3.63) is 60.2 Å². The van der Waals surface area contributed by atoms with Crippen LogP contribution in [-0.4, -0.2) is 66.5 Å². The zero-order valence-corrected chi connectivity index (χ0v) is 20.4. The fraction of sp³-hybridized carbons (Fsp3) is 0.370. The van der Waals surface area contributed by atoms with Crippen LogP contribution in [-0.2, 0) is 11.2 Å². The van der Waals surface area contributed by atoms with E-state index in [1.165, 1.54) is 0 Å². The standard InChI is InChI=1S/C27H30N4O4/c1-27(2)17-20-5-4-6-23(26(20)35-27)34-18-25(32)31-15-13-30(14-16-31)24-12-11-22(28-29-24)19-7-9-21(33-3)10-8-19/h4-12H,13-18H2,1-3H3. The summed E-state index contributed by atoms with van der Waals surface area (Å²) in [6.07, 6.45) is 0.833. The summed E-state index contributed by atoms with van der Waals surface area (Å²) in [5.74, 6) is 2.98. The molecule has 0 unspecified atom stereocenters. The first-order chi connectivity index (χ1) is 16.9. The Bertz CT molecular complexity index is 1190. The number of hydrogen-bond acceptors (Lipinski definition) is 7. The molecule has 0 spiro atoms. The lowest BCUT2D eigenvalue weighted by Gasteiger charge is -2.35. The molecule has 2 aliphatic rings.